The lowest BCUT2D eigenvalue weighted by atomic mass is 10.1. The van der Waals surface area contributed by atoms with Gasteiger partial charge < -0.3 is 15.0 Å². The summed E-state index contributed by atoms with van der Waals surface area (Å²) in [5, 5.41) is 11.6. The molecule has 0 bridgehead atoms. The van der Waals surface area contributed by atoms with Crippen molar-refractivity contribution in [3.05, 3.63) is 29.6 Å². The summed E-state index contributed by atoms with van der Waals surface area (Å²) in [5.41, 5.74) is 3.37. The number of benzene rings is 1. The van der Waals surface area contributed by atoms with Crippen LogP contribution in [0.15, 0.2) is 18.2 Å². The van der Waals surface area contributed by atoms with E-state index in [0.29, 0.717) is 6.54 Å². The molecule has 2 N–H and O–H groups in total. The molecule has 1 aromatic heterocycles. The van der Waals surface area contributed by atoms with E-state index in [1.165, 1.54) is 5.56 Å². The van der Waals surface area contributed by atoms with Crippen molar-refractivity contribution in [1.82, 2.24) is 14.9 Å². The summed E-state index contributed by atoms with van der Waals surface area (Å²) >= 11 is 0. The third-order valence-corrected chi connectivity index (χ3v) is 3.27. The van der Waals surface area contributed by atoms with E-state index in [1.54, 1.807) is 0 Å². The zero-order valence-corrected chi connectivity index (χ0v) is 11.3. The molecular weight excluding hydrogens is 242 g/mol. The Morgan fingerprint density at radius 3 is 2.95 bits per heavy atom. The second-order valence-corrected chi connectivity index (χ2v) is 4.68. The van der Waals surface area contributed by atoms with Crippen LogP contribution in [0.25, 0.3) is 11.0 Å². The molecule has 0 aliphatic rings. The molecule has 2 rings (SSSR count). The van der Waals surface area contributed by atoms with Crippen LogP contribution in [0.5, 0.6) is 0 Å². The molecule has 19 heavy (non-hydrogen) atoms. The van der Waals surface area contributed by atoms with Crippen LogP contribution in [-0.4, -0.2) is 33.7 Å². The van der Waals surface area contributed by atoms with E-state index in [-0.39, 0.29) is 6.42 Å². The van der Waals surface area contributed by atoms with Crippen LogP contribution in [0.4, 0.5) is 0 Å². The van der Waals surface area contributed by atoms with Crippen LogP contribution >= 0.6 is 0 Å². The molecule has 0 radical (unpaired) electrons. The van der Waals surface area contributed by atoms with Crippen molar-refractivity contribution in [3.63, 3.8) is 0 Å². The normalized spacial score (nSPS) is 11.1. The second-order valence-electron chi connectivity index (χ2n) is 4.68. The standard InChI is InChI=1S/C14H19N3O2/c1-10-16-12-9-11(3-4-13(12)17(10)2)5-7-15-8-6-14(18)19/h3-4,9,15H,5-8H2,1-2H3,(H,18,19). The Morgan fingerprint density at radius 1 is 1.42 bits per heavy atom. The van der Waals surface area contributed by atoms with Crippen LogP contribution < -0.4 is 5.32 Å². The number of imidazole rings is 1. The van der Waals surface area contributed by atoms with Gasteiger partial charge in [-0.1, -0.05) is 6.07 Å². The summed E-state index contributed by atoms with van der Waals surface area (Å²) in [4.78, 5) is 14.9. The van der Waals surface area contributed by atoms with Gasteiger partial charge in [0.05, 0.1) is 17.5 Å². The van der Waals surface area contributed by atoms with E-state index in [4.69, 9.17) is 5.11 Å². The molecule has 1 aromatic carbocycles. The van der Waals surface area contributed by atoms with Gasteiger partial charge in [0.25, 0.3) is 0 Å². The van der Waals surface area contributed by atoms with Crippen LogP contribution in [-0.2, 0) is 18.3 Å². The molecule has 1 heterocycles. The number of aromatic nitrogens is 2. The summed E-state index contributed by atoms with van der Waals surface area (Å²) in [6, 6.07) is 6.28. The molecule has 0 amide bonds. The molecule has 0 unspecified atom stereocenters. The van der Waals surface area contributed by atoms with Gasteiger partial charge in [-0.3, -0.25) is 4.79 Å². The summed E-state index contributed by atoms with van der Waals surface area (Å²) in [7, 11) is 2.01. The first-order valence-electron chi connectivity index (χ1n) is 6.42. The number of nitrogens with zero attached hydrogens (tertiary/aromatic N) is 2. The smallest absolute Gasteiger partial charge is 0.304 e. The van der Waals surface area contributed by atoms with Crippen molar-refractivity contribution >= 4 is 17.0 Å². The van der Waals surface area contributed by atoms with Crippen molar-refractivity contribution in [2.24, 2.45) is 7.05 Å². The average Bonchev–Trinajstić information content (AvgIpc) is 2.64. The molecule has 0 atom stereocenters. The lowest BCUT2D eigenvalue weighted by Crippen LogP contribution is -2.20. The third kappa shape index (κ3) is 3.32. The molecule has 102 valence electrons. The van der Waals surface area contributed by atoms with E-state index >= 15 is 0 Å². The molecule has 0 saturated heterocycles. The molecule has 0 aliphatic carbocycles. The molecular formula is C14H19N3O2. The largest absolute Gasteiger partial charge is 0.481 e. The quantitative estimate of drug-likeness (QED) is 0.773. The zero-order valence-electron chi connectivity index (χ0n) is 11.3. The van der Waals surface area contributed by atoms with Crippen LogP contribution in [0, 0.1) is 6.92 Å². The van der Waals surface area contributed by atoms with Crippen molar-refractivity contribution in [1.29, 1.82) is 0 Å². The van der Waals surface area contributed by atoms with Crippen molar-refractivity contribution in [3.8, 4) is 0 Å². The van der Waals surface area contributed by atoms with Gasteiger partial charge in [0, 0.05) is 13.6 Å². The van der Waals surface area contributed by atoms with Gasteiger partial charge in [0.15, 0.2) is 0 Å². The van der Waals surface area contributed by atoms with E-state index in [2.05, 4.69) is 33.1 Å². The Kier molecular flexibility index (Phi) is 4.16. The minimum absolute atomic E-state index is 0.165. The lowest BCUT2D eigenvalue weighted by molar-refractivity contribution is -0.136. The first kappa shape index (κ1) is 13.5. The van der Waals surface area contributed by atoms with Crippen molar-refractivity contribution < 1.29 is 9.90 Å². The molecule has 0 saturated carbocycles. The molecule has 0 aliphatic heterocycles. The molecule has 0 spiro atoms. The summed E-state index contributed by atoms with van der Waals surface area (Å²) < 4.78 is 2.07. The van der Waals surface area contributed by atoms with Gasteiger partial charge in [-0.2, -0.15) is 0 Å². The minimum Gasteiger partial charge on any atom is -0.481 e. The Hall–Kier alpha value is -1.88. The Morgan fingerprint density at radius 2 is 2.21 bits per heavy atom. The highest BCUT2D eigenvalue weighted by Gasteiger charge is 2.04. The highest BCUT2D eigenvalue weighted by molar-refractivity contribution is 5.76. The van der Waals surface area contributed by atoms with E-state index in [0.717, 1.165) is 29.8 Å². The van der Waals surface area contributed by atoms with E-state index in [1.807, 2.05) is 14.0 Å². The maximum absolute atomic E-state index is 10.4. The number of fused-ring (bicyclic) bond motifs is 1. The topological polar surface area (TPSA) is 67.2 Å². The molecule has 5 nitrogen and oxygen atoms in total. The van der Waals surface area contributed by atoms with Crippen LogP contribution in [0.3, 0.4) is 0 Å². The SMILES string of the molecule is Cc1nc2cc(CCNCCC(=O)O)ccc2n1C. The number of aryl methyl sites for hydroxylation is 2. The number of rotatable bonds is 6. The van der Waals surface area contributed by atoms with Gasteiger partial charge >= 0.3 is 5.97 Å². The van der Waals surface area contributed by atoms with Gasteiger partial charge in [0.2, 0.25) is 0 Å². The highest BCUT2D eigenvalue weighted by atomic mass is 16.4. The third-order valence-electron chi connectivity index (χ3n) is 3.27. The zero-order chi connectivity index (χ0) is 13.8. The van der Waals surface area contributed by atoms with E-state index < -0.39 is 5.97 Å². The highest BCUT2D eigenvalue weighted by Crippen LogP contribution is 2.16. The van der Waals surface area contributed by atoms with Crippen LogP contribution in [0.2, 0.25) is 0 Å². The number of carbonyl (C=O) groups is 1. The first-order chi connectivity index (χ1) is 9.08. The first-order valence-corrected chi connectivity index (χ1v) is 6.42. The van der Waals surface area contributed by atoms with E-state index in [9.17, 15) is 4.79 Å². The Labute approximate surface area is 112 Å². The van der Waals surface area contributed by atoms with Gasteiger partial charge in [-0.15, -0.1) is 0 Å². The van der Waals surface area contributed by atoms with Crippen molar-refractivity contribution in [2.45, 2.75) is 19.8 Å². The summed E-state index contributed by atoms with van der Waals surface area (Å²) in [6.45, 7) is 3.29. The maximum atomic E-state index is 10.4. The Bertz CT molecular complexity index is 590. The fourth-order valence-electron chi connectivity index (χ4n) is 2.07. The predicted octanol–water partition coefficient (Wildman–Crippen LogP) is 1.49. The molecule has 5 heteroatoms. The fourth-order valence-corrected chi connectivity index (χ4v) is 2.07. The number of hydrogen-bond donors (Lipinski definition) is 2. The lowest BCUT2D eigenvalue weighted by Gasteiger charge is -2.04. The molecule has 2 aromatic rings. The second kappa shape index (κ2) is 5.84. The van der Waals surface area contributed by atoms with Crippen molar-refractivity contribution in [2.75, 3.05) is 13.1 Å². The summed E-state index contributed by atoms with van der Waals surface area (Å²) in [5.74, 6) is 0.240. The van der Waals surface area contributed by atoms with Gasteiger partial charge in [-0.05, 0) is 37.6 Å². The maximum Gasteiger partial charge on any atom is 0.304 e. The number of aliphatic carboxylic acids is 1. The number of carboxylic acids is 1. The van der Waals surface area contributed by atoms with Gasteiger partial charge in [0.1, 0.15) is 5.82 Å². The van der Waals surface area contributed by atoms with Gasteiger partial charge in [-0.25, -0.2) is 4.98 Å². The predicted molar refractivity (Wildman–Crippen MR) is 74.3 cm³/mol. The summed E-state index contributed by atoms with van der Waals surface area (Å²) in [6.07, 6.45) is 1.05. The monoisotopic (exact) mass is 261 g/mol. The van der Waals surface area contributed by atoms with Crippen LogP contribution in [0.1, 0.15) is 17.8 Å². The number of hydrogen-bond acceptors (Lipinski definition) is 3. The Balaban J connectivity index is 1.92. The minimum atomic E-state index is -0.766. The fraction of sp³-hybridized carbons (Fsp3) is 0.429. The average molecular weight is 261 g/mol. The molecule has 0 fully saturated rings. The number of nitrogens with one attached hydrogen (secondary N) is 1. The number of carboxylic acid groups (broad SMARTS) is 1.